The van der Waals surface area contributed by atoms with Gasteiger partial charge in [-0.3, -0.25) is 4.79 Å². The predicted octanol–water partition coefficient (Wildman–Crippen LogP) is 4.45. The van der Waals surface area contributed by atoms with Gasteiger partial charge in [0.1, 0.15) is 24.2 Å². The molecule has 1 heterocycles. The fourth-order valence-corrected chi connectivity index (χ4v) is 3.44. The predicted molar refractivity (Wildman–Crippen MR) is 101 cm³/mol. The number of rotatable bonds is 6. The molecule has 138 valence electrons. The van der Waals surface area contributed by atoms with Crippen LogP contribution in [0.4, 0.5) is 0 Å². The molecule has 1 aliphatic heterocycles. The summed E-state index contributed by atoms with van der Waals surface area (Å²) >= 11 is 0. The molecular formula is C22H26O4. The Balaban J connectivity index is 1.76. The normalized spacial score (nSPS) is 15.3. The van der Waals surface area contributed by atoms with Gasteiger partial charge in [-0.15, -0.1) is 0 Å². The number of ether oxygens (including phenoxy) is 3. The number of carbonyl (C=O) groups is 1. The van der Waals surface area contributed by atoms with Crippen molar-refractivity contribution in [1.29, 1.82) is 0 Å². The first-order valence-electron chi connectivity index (χ1n) is 9.06. The van der Waals surface area contributed by atoms with Crippen molar-refractivity contribution in [3.8, 4) is 11.5 Å². The van der Waals surface area contributed by atoms with Crippen molar-refractivity contribution < 1.29 is 19.0 Å². The van der Waals surface area contributed by atoms with Crippen LogP contribution in [0.5, 0.6) is 11.5 Å². The Labute approximate surface area is 155 Å². The number of benzene rings is 2. The Morgan fingerprint density at radius 2 is 1.85 bits per heavy atom. The van der Waals surface area contributed by atoms with Gasteiger partial charge in [0.05, 0.1) is 6.61 Å². The first-order chi connectivity index (χ1) is 12.5. The highest BCUT2D eigenvalue weighted by Gasteiger charge is 2.29. The smallest absolute Gasteiger partial charge is 0.302 e. The maximum atomic E-state index is 10.9. The van der Waals surface area contributed by atoms with E-state index in [9.17, 15) is 4.79 Å². The second-order valence-corrected chi connectivity index (χ2v) is 6.86. The van der Waals surface area contributed by atoms with Gasteiger partial charge < -0.3 is 14.2 Å². The third kappa shape index (κ3) is 3.85. The molecule has 4 nitrogen and oxygen atoms in total. The molecule has 0 N–H and O–H groups in total. The fourth-order valence-electron chi connectivity index (χ4n) is 3.44. The SMILES string of the molecule is CC(=O)OCCC1Cc2c(C)c(OCc3ccccc3)c(C)c(C)c2O1. The van der Waals surface area contributed by atoms with E-state index in [1.54, 1.807) is 0 Å². The summed E-state index contributed by atoms with van der Waals surface area (Å²) in [7, 11) is 0. The lowest BCUT2D eigenvalue weighted by Gasteiger charge is -2.18. The minimum Gasteiger partial charge on any atom is -0.489 e. The zero-order valence-electron chi connectivity index (χ0n) is 15.9. The topological polar surface area (TPSA) is 44.8 Å². The number of hydrogen-bond donors (Lipinski definition) is 0. The summed E-state index contributed by atoms with van der Waals surface area (Å²) in [6.45, 7) is 8.64. The molecular weight excluding hydrogens is 328 g/mol. The molecule has 3 rings (SSSR count). The van der Waals surface area contributed by atoms with E-state index in [1.807, 2.05) is 18.2 Å². The lowest BCUT2D eigenvalue weighted by molar-refractivity contribution is -0.141. The Morgan fingerprint density at radius 3 is 2.54 bits per heavy atom. The van der Waals surface area contributed by atoms with E-state index >= 15 is 0 Å². The van der Waals surface area contributed by atoms with Crippen LogP contribution in [-0.2, 0) is 22.6 Å². The Kier molecular flexibility index (Phi) is 5.50. The Hall–Kier alpha value is -2.49. The summed E-state index contributed by atoms with van der Waals surface area (Å²) in [5, 5.41) is 0. The quantitative estimate of drug-likeness (QED) is 0.719. The minimum absolute atomic E-state index is 0.0468. The molecule has 2 aromatic carbocycles. The second kappa shape index (κ2) is 7.81. The van der Waals surface area contributed by atoms with Crippen molar-refractivity contribution in [3.63, 3.8) is 0 Å². The summed E-state index contributed by atoms with van der Waals surface area (Å²) in [6.07, 6.45) is 1.57. The van der Waals surface area contributed by atoms with Gasteiger partial charge >= 0.3 is 5.97 Å². The summed E-state index contributed by atoms with van der Waals surface area (Å²) in [6, 6.07) is 10.2. The molecule has 0 amide bonds. The molecule has 0 fully saturated rings. The number of fused-ring (bicyclic) bond motifs is 1. The van der Waals surface area contributed by atoms with Gasteiger partial charge in [-0.05, 0) is 43.0 Å². The highest BCUT2D eigenvalue weighted by atomic mass is 16.5. The molecule has 0 spiro atoms. The van der Waals surface area contributed by atoms with Crippen molar-refractivity contribution in [2.75, 3.05) is 6.61 Å². The van der Waals surface area contributed by atoms with E-state index in [4.69, 9.17) is 14.2 Å². The largest absolute Gasteiger partial charge is 0.489 e. The summed E-state index contributed by atoms with van der Waals surface area (Å²) < 4.78 is 17.4. The zero-order chi connectivity index (χ0) is 18.7. The van der Waals surface area contributed by atoms with Crippen LogP contribution in [-0.4, -0.2) is 18.7 Å². The van der Waals surface area contributed by atoms with Gasteiger partial charge in [-0.25, -0.2) is 0 Å². The molecule has 0 saturated heterocycles. The van der Waals surface area contributed by atoms with E-state index in [2.05, 4.69) is 32.9 Å². The average molecular weight is 354 g/mol. The molecule has 1 aliphatic rings. The molecule has 1 unspecified atom stereocenters. The fraction of sp³-hybridized carbons (Fsp3) is 0.409. The summed E-state index contributed by atoms with van der Waals surface area (Å²) in [4.78, 5) is 10.9. The number of hydrogen-bond acceptors (Lipinski definition) is 4. The monoisotopic (exact) mass is 354 g/mol. The van der Waals surface area contributed by atoms with Crippen molar-refractivity contribution in [2.45, 2.75) is 53.2 Å². The molecule has 0 aromatic heterocycles. The Morgan fingerprint density at radius 1 is 1.12 bits per heavy atom. The summed E-state index contributed by atoms with van der Waals surface area (Å²) in [5.74, 6) is 1.68. The number of esters is 1. The third-order valence-corrected chi connectivity index (χ3v) is 5.00. The van der Waals surface area contributed by atoms with E-state index < -0.39 is 0 Å². The second-order valence-electron chi connectivity index (χ2n) is 6.86. The van der Waals surface area contributed by atoms with Crippen LogP contribution in [0.25, 0.3) is 0 Å². The maximum Gasteiger partial charge on any atom is 0.302 e. The molecule has 0 radical (unpaired) electrons. The molecule has 2 aromatic rings. The van der Waals surface area contributed by atoms with Gasteiger partial charge in [0, 0.05) is 25.3 Å². The van der Waals surface area contributed by atoms with Crippen LogP contribution < -0.4 is 9.47 Å². The van der Waals surface area contributed by atoms with E-state index in [0.717, 1.165) is 40.2 Å². The Bertz CT molecular complexity index is 796. The molecule has 0 bridgehead atoms. The highest BCUT2D eigenvalue weighted by molar-refractivity contribution is 5.65. The minimum atomic E-state index is -0.250. The highest BCUT2D eigenvalue weighted by Crippen LogP contribution is 2.43. The van der Waals surface area contributed by atoms with Crippen LogP contribution in [0, 0.1) is 20.8 Å². The molecule has 1 atom stereocenters. The van der Waals surface area contributed by atoms with Gasteiger partial charge in [-0.2, -0.15) is 0 Å². The van der Waals surface area contributed by atoms with Crippen molar-refractivity contribution in [3.05, 3.63) is 58.1 Å². The first kappa shape index (κ1) is 18.3. The maximum absolute atomic E-state index is 10.9. The van der Waals surface area contributed by atoms with Crippen LogP contribution in [0.1, 0.15) is 41.2 Å². The third-order valence-electron chi connectivity index (χ3n) is 5.00. The lowest BCUT2D eigenvalue weighted by atomic mass is 9.95. The molecule has 26 heavy (non-hydrogen) atoms. The number of carbonyl (C=O) groups excluding carboxylic acids is 1. The van der Waals surface area contributed by atoms with Gasteiger partial charge in [0.25, 0.3) is 0 Å². The molecule has 4 heteroatoms. The zero-order valence-corrected chi connectivity index (χ0v) is 15.9. The average Bonchev–Trinajstić information content (AvgIpc) is 3.05. The van der Waals surface area contributed by atoms with Crippen molar-refractivity contribution >= 4 is 5.97 Å². The first-order valence-corrected chi connectivity index (χ1v) is 9.06. The standard InChI is InChI=1S/C22H26O4/c1-14-15(2)22-20(12-19(26-22)10-11-24-17(4)23)16(3)21(14)25-13-18-8-6-5-7-9-18/h5-9,19H,10-13H2,1-4H3. The molecule has 0 aliphatic carbocycles. The molecule has 0 saturated carbocycles. The van der Waals surface area contributed by atoms with Crippen LogP contribution in [0.15, 0.2) is 30.3 Å². The van der Waals surface area contributed by atoms with E-state index in [-0.39, 0.29) is 12.1 Å². The van der Waals surface area contributed by atoms with Gasteiger partial charge in [0.2, 0.25) is 0 Å². The lowest BCUT2D eigenvalue weighted by Crippen LogP contribution is -2.16. The van der Waals surface area contributed by atoms with E-state index in [1.165, 1.54) is 12.5 Å². The van der Waals surface area contributed by atoms with Crippen molar-refractivity contribution in [1.82, 2.24) is 0 Å². The van der Waals surface area contributed by atoms with Crippen molar-refractivity contribution in [2.24, 2.45) is 0 Å². The van der Waals surface area contributed by atoms with Crippen LogP contribution in [0.3, 0.4) is 0 Å². The van der Waals surface area contributed by atoms with Crippen LogP contribution >= 0.6 is 0 Å². The van der Waals surface area contributed by atoms with Crippen LogP contribution in [0.2, 0.25) is 0 Å². The summed E-state index contributed by atoms with van der Waals surface area (Å²) in [5.41, 5.74) is 5.76. The van der Waals surface area contributed by atoms with E-state index in [0.29, 0.717) is 19.6 Å². The van der Waals surface area contributed by atoms with Gasteiger partial charge in [0.15, 0.2) is 0 Å². The van der Waals surface area contributed by atoms with Gasteiger partial charge in [-0.1, -0.05) is 30.3 Å².